The van der Waals surface area contributed by atoms with Gasteiger partial charge in [-0.15, -0.1) is 5.10 Å². The fourth-order valence-corrected chi connectivity index (χ4v) is 1.81. The monoisotopic (exact) mass is 250 g/mol. The molecule has 5 heteroatoms. The van der Waals surface area contributed by atoms with E-state index in [-0.39, 0.29) is 5.41 Å². The van der Waals surface area contributed by atoms with Crippen LogP contribution < -0.4 is 10.6 Å². The third kappa shape index (κ3) is 3.65. The second-order valence-electron chi connectivity index (χ2n) is 5.66. The molecule has 1 aliphatic heterocycles. The number of ether oxygens (including phenoxy) is 1. The first-order chi connectivity index (χ1) is 8.55. The highest BCUT2D eigenvalue weighted by atomic mass is 16.5. The minimum Gasteiger partial charge on any atom is -0.378 e. The van der Waals surface area contributed by atoms with Crippen molar-refractivity contribution in [1.29, 1.82) is 0 Å². The summed E-state index contributed by atoms with van der Waals surface area (Å²) < 4.78 is 5.40. The van der Waals surface area contributed by atoms with Crippen LogP contribution in [-0.4, -0.2) is 42.5 Å². The molecule has 100 valence electrons. The Balaban J connectivity index is 1.86. The Morgan fingerprint density at radius 1 is 1.39 bits per heavy atom. The van der Waals surface area contributed by atoms with E-state index in [1.807, 2.05) is 12.1 Å². The maximum Gasteiger partial charge on any atom is 0.148 e. The number of hydrogen-bond acceptors (Lipinski definition) is 5. The number of nitrogens with zero attached hydrogens (tertiary/aromatic N) is 2. The van der Waals surface area contributed by atoms with Gasteiger partial charge in [-0.2, -0.15) is 5.10 Å². The normalized spacial score (nSPS) is 20.7. The molecular weight excluding hydrogens is 228 g/mol. The van der Waals surface area contributed by atoms with Crippen LogP contribution >= 0.6 is 0 Å². The van der Waals surface area contributed by atoms with E-state index in [9.17, 15) is 0 Å². The molecule has 1 aliphatic rings. The van der Waals surface area contributed by atoms with Gasteiger partial charge in [-0.1, -0.05) is 20.8 Å². The number of aromatic nitrogens is 2. The molecule has 0 saturated carbocycles. The molecule has 1 saturated heterocycles. The standard InChI is InChI=1S/C13H22N4O/c1-13(2,3)11-4-5-12(17-16-11)15-8-10-9-18-7-6-14-10/h4-5,10,14H,6-9H2,1-3H3,(H,15,17). The Bertz CT molecular complexity index is 366. The van der Waals surface area contributed by atoms with Crippen LogP contribution in [0.5, 0.6) is 0 Å². The van der Waals surface area contributed by atoms with Crippen LogP contribution in [0, 0.1) is 0 Å². The van der Waals surface area contributed by atoms with E-state index >= 15 is 0 Å². The Morgan fingerprint density at radius 2 is 2.22 bits per heavy atom. The Kier molecular flexibility index (Phi) is 4.14. The highest BCUT2D eigenvalue weighted by Gasteiger charge is 2.16. The van der Waals surface area contributed by atoms with Gasteiger partial charge in [0.05, 0.1) is 18.9 Å². The third-order valence-corrected chi connectivity index (χ3v) is 2.96. The number of morpholine rings is 1. The van der Waals surface area contributed by atoms with E-state index < -0.39 is 0 Å². The summed E-state index contributed by atoms with van der Waals surface area (Å²) in [6, 6.07) is 4.36. The molecule has 0 bridgehead atoms. The van der Waals surface area contributed by atoms with E-state index in [1.165, 1.54) is 0 Å². The van der Waals surface area contributed by atoms with E-state index in [0.717, 1.165) is 37.8 Å². The highest BCUT2D eigenvalue weighted by Crippen LogP contribution is 2.19. The molecule has 2 N–H and O–H groups in total. The quantitative estimate of drug-likeness (QED) is 0.843. The van der Waals surface area contributed by atoms with Gasteiger partial charge in [0.1, 0.15) is 5.82 Å². The lowest BCUT2D eigenvalue weighted by molar-refractivity contribution is 0.0806. The van der Waals surface area contributed by atoms with Gasteiger partial charge < -0.3 is 15.4 Å². The molecule has 2 heterocycles. The summed E-state index contributed by atoms with van der Waals surface area (Å²) in [4.78, 5) is 0. The van der Waals surface area contributed by atoms with Gasteiger partial charge in [0.25, 0.3) is 0 Å². The lowest BCUT2D eigenvalue weighted by atomic mass is 9.92. The molecule has 1 aromatic rings. The molecule has 1 atom stereocenters. The van der Waals surface area contributed by atoms with Gasteiger partial charge in [-0.3, -0.25) is 0 Å². The Hall–Kier alpha value is -1.20. The van der Waals surface area contributed by atoms with Crippen LogP contribution in [0.3, 0.4) is 0 Å². The fourth-order valence-electron chi connectivity index (χ4n) is 1.81. The smallest absolute Gasteiger partial charge is 0.148 e. The van der Waals surface area contributed by atoms with Crippen LogP contribution in [-0.2, 0) is 10.2 Å². The van der Waals surface area contributed by atoms with Crippen LogP contribution in [0.4, 0.5) is 5.82 Å². The van der Waals surface area contributed by atoms with Crippen molar-refractivity contribution in [3.8, 4) is 0 Å². The SMILES string of the molecule is CC(C)(C)c1ccc(NCC2COCCN2)nn1. The molecule has 0 aliphatic carbocycles. The van der Waals surface area contributed by atoms with Crippen molar-refractivity contribution >= 4 is 5.82 Å². The minimum atomic E-state index is 0.0459. The van der Waals surface area contributed by atoms with Gasteiger partial charge in [-0.05, 0) is 12.1 Å². The molecule has 2 rings (SSSR count). The average molecular weight is 250 g/mol. The van der Waals surface area contributed by atoms with Crippen LogP contribution in [0.15, 0.2) is 12.1 Å². The molecule has 0 radical (unpaired) electrons. The van der Waals surface area contributed by atoms with E-state index in [4.69, 9.17) is 4.74 Å². The van der Waals surface area contributed by atoms with Crippen molar-refractivity contribution in [2.45, 2.75) is 32.2 Å². The summed E-state index contributed by atoms with van der Waals surface area (Å²) in [5.41, 5.74) is 1.05. The van der Waals surface area contributed by atoms with Gasteiger partial charge >= 0.3 is 0 Å². The van der Waals surface area contributed by atoms with Crippen LogP contribution in [0.2, 0.25) is 0 Å². The molecule has 0 amide bonds. The molecule has 1 fully saturated rings. The Morgan fingerprint density at radius 3 is 2.78 bits per heavy atom. The molecule has 18 heavy (non-hydrogen) atoms. The summed E-state index contributed by atoms with van der Waals surface area (Å²) in [6.45, 7) is 9.68. The van der Waals surface area contributed by atoms with Gasteiger partial charge in [0.15, 0.2) is 0 Å². The predicted octanol–water partition coefficient (Wildman–Crippen LogP) is 1.17. The zero-order valence-electron chi connectivity index (χ0n) is 11.4. The van der Waals surface area contributed by atoms with Gasteiger partial charge in [0.2, 0.25) is 0 Å². The second kappa shape index (κ2) is 5.63. The van der Waals surface area contributed by atoms with E-state index in [0.29, 0.717) is 6.04 Å². The predicted molar refractivity (Wildman–Crippen MR) is 71.8 cm³/mol. The maximum atomic E-state index is 5.40. The summed E-state index contributed by atoms with van der Waals surface area (Å²) >= 11 is 0. The molecular formula is C13H22N4O. The first kappa shape index (κ1) is 13.2. The molecule has 5 nitrogen and oxygen atoms in total. The van der Waals surface area contributed by atoms with Crippen molar-refractivity contribution in [3.05, 3.63) is 17.8 Å². The fraction of sp³-hybridized carbons (Fsp3) is 0.692. The van der Waals surface area contributed by atoms with Gasteiger partial charge in [0, 0.05) is 24.5 Å². The minimum absolute atomic E-state index is 0.0459. The van der Waals surface area contributed by atoms with Crippen molar-refractivity contribution in [2.24, 2.45) is 0 Å². The average Bonchev–Trinajstić information content (AvgIpc) is 2.37. The Labute approximate surface area is 108 Å². The lowest BCUT2D eigenvalue weighted by Gasteiger charge is -2.24. The molecule has 1 unspecified atom stereocenters. The van der Waals surface area contributed by atoms with E-state index in [1.54, 1.807) is 0 Å². The number of hydrogen-bond donors (Lipinski definition) is 2. The maximum absolute atomic E-state index is 5.40. The first-order valence-electron chi connectivity index (χ1n) is 6.45. The van der Waals surface area contributed by atoms with Crippen molar-refractivity contribution in [1.82, 2.24) is 15.5 Å². The largest absolute Gasteiger partial charge is 0.378 e. The summed E-state index contributed by atoms with van der Waals surface area (Å²) in [7, 11) is 0. The van der Waals surface area contributed by atoms with Crippen LogP contribution in [0.25, 0.3) is 0 Å². The number of anilines is 1. The molecule has 0 spiro atoms. The van der Waals surface area contributed by atoms with Crippen molar-refractivity contribution < 1.29 is 4.74 Å². The number of nitrogens with one attached hydrogen (secondary N) is 2. The zero-order chi connectivity index (χ0) is 13.0. The summed E-state index contributed by atoms with van der Waals surface area (Å²) in [5.74, 6) is 0.815. The van der Waals surface area contributed by atoms with Gasteiger partial charge in [-0.25, -0.2) is 0 Å². The third-order valence-electron chi connectivity index (χ3n) is 2.96. The number of rotatable bonds is 3. The van der Waals surface area contributed by atoms with Crippen molar-refractivity contribution in [2.75, 3.05) is 31.6 Å². The molecule has 1 aromatic heterocycles. The molecule has 0 aromatic carbocycles. The second-order valence-corrected chi connectivity index (χ2v) is 5.66. The van der Waals surface area contributed by atoms with E-state index in [2.05, 4.69) is 41.6 Å². The van der Waals surface area contributed by atoms with Crippen LogP contribution in [0.1, 0.15) is 26.5 Å². The first-order valence-corrected chi connectivity index (χ1v) is 6.45. The zero-order valence-corrected chi connectivity index (χ0v) is 11.4. The topological polar surface area (TPSA) is 59.1 Å². The van der Waals surface area contributed by atoms with Crippen molar-refractivity contribution in [3.63, 3.8) is 0 Å². The lowest BCUT2D eigenvalue weighted by Crippen LogP contribution is -2.45. The summed E-state index contributed by atoms with van der Waals surface area (Å²) in [6.07, 6.45) is 0. The highest BCUT2D eigenvalue weighted by molar-refractivity contribution is 5.34. The summed E-state index contributed by atoms with van der Waals surface area (Å²) in [5, 5.41) is 15.1.